The molecule has 1 aromatic heterocycles. The highest BCUT2D eigenvalue weighted by molar-refractivity contribution is 5.93. The van der Waals surface area contributed by atoms with Gasteiger partial charge in [-0.25, -0.2) is 4.99 Å². The molecule has 0 aliphatic carbocycles. The number of guanidine groups is 2. The second kappa shape index (κ2) is 4.45. The summed E-state index contributed by atoms with van der Waals surface area (Å²) in [5, 5.41) is 4.20. The van der Waals surface area contributed by atoms with E-state index in [0.29, 0.717) is 5.69 Å². The van der Waals surface area contributed by atoms with E-state index in [1.807, 2.05) is 14.0 Å². The van der Waals surface area contributed by atoms with Crippen LogP contribution in [0.2, 0.25) is 0 Å². The van der Waals surface area contributed by atoms with Crippen molar-refractivity contribution in [3.63, 3.8) is 0 Å². The Bertz CT molecular complexity index is 397. The first kappa shape index (κ1) is 11.0. The molecule has 7 nitrogen and oxygen atoms in total. The number of hydrogen-bond donors (Lipinski definition) is 3. The zero-order valence-electron chi connectivity index (χ0n) is 8.81. The van der Waals surface area contributed by atoms with Crippen LogP contribution >= 0.6 is 0 Å². The lowest BCUT2D eigenvalue weighted by Crippen LogP contribution is -2.26. The molecule has 0 fully saturated rings. The van der Waals surface area contributed by atoms with Crippen molar-refractivity contribution in [1.29, 1.82) is 0 Å². The number of nitrogens with two attached hydrogens (primary N) is 3. The van der Waals surface area contributed by atoms with E-state index in [9.17, 15) is 0 Å². The van der Waals surface area contributed by atoms with Gasteiger partial charge in [-0.05, 0) is 6.42 Å². The Morgan fingerprint density at radius 1 is 1.47 bits per heavy atom. The Morgan fingerprint density at radius 3 is 2.67 bits per heavy atom. The molecule has 0 saturated heterocycles. The molecule has 1 aromatic rings. The van der Waals surface area contributed by atoms with Crippen molar-refractivity contribution < 1.29 is 0 Å². The molecule has 0 amide bonds. The van der Waals surface area contributed by atoms with Crippen molar-refractivity contribution in [2.75, 3.05) is 0 Å². The highest BCUT2D eigenvalue weighted by atomic mass is 15.3. The van der Waals surface area contributed by atoms with E-state index in [4.69, 9.17) is 17.2 Å². The minimum absolute atomic E-state index is 0.0256. The van der Waals surface area contributed by atoms with Crippen LogP contribution in [0.3, 0.4) is 0 Å². The average molecular weight is 209 g/mol. The van der Waals surface area contributed by atoms with E-state index in [-0.39, 0.29) is 11.9 Å². The predicted octanol–water partition coefficient (Wildman–Crippen LogP) is -0.798. The summed E-state index contributed by atoms with van der Waals surface area (Å²) in [6, 6.07) is 0. The second-order valence-electron chi connectivity index (χ2n) is 2.99. The fourth-order valence-electron chi connectivity index (χ4n) is 1.15. The molecule has 0 saturated carbocycles. The van der Waals surface area contributed by atoms with E-state index < -0.39 is 0 Å². The number of hydrogen-bond acceptors (Lipinski definition) is 2. The standard InChI is InChI=1S/C8H15N7/c1-3-5-6(4-15(2)14-5)12-8(11)13-7(9)10/h4H,3H2,1-2H3,(H6,9,10,11,12,13). The topological polar surface area (TPSA) is 121 Å². The third kappa shape index (κ3) is 2.97. The monoisotopic (exact) mass is 209 g/mol. The lowest BCUT2D eigenvalue weighted by molar-refractivity contribution is 0.746. The molecule has 0 atom stereocenters. The lowest BCUT2D eigenvalue weighted by atomic mass is 10.3. The van der Waals surface area contributed by atoms with Gasteiger partial charge in [0.25, 0.3) is 0 Å². The highest BCUT2D eigenvalue weighted by Gasteiger charge is 2.04. The number of aromatic nitrogens is 2. The van der Waals surface area contributed by atoms with Gasteiger partial charge in [0.1, 0.15) is 5.69 Å². The molecule has 1 rings (SSSR count). The molecular weight excluding hydrogens is 194 g/mol. The van der Waals surface area contributed by atoms with Crippen LogP contribution in [0.15, 0.2) is 16.2 Å². The third-order valence-corrected chi connectivity index (χ3v) is 1.70. The van der Waals surface area contributed by atoms with Crippen molar-refractivity contribution >= 4 is 17.6 Å². The van der Waals surface area contributed by atoms with Gasteiger partial charge >= 0.3 is 0 Å². The second-order valence-corrected chi connectivity index (χ2v) is 2.99. The zero-order valence-corrected chi connectivity index (χ0v) is 8.81. The maximum Gasteiger partial charge on any atom is 0.223 e. The van der Waals surface area contributed by atoms with Crippen LogP contribution in [-0.4, -0.2) is 21.7 Å². The number of nitrogens with zero attached hydrogens (tertiary/aromatic N) is 4. The lowest BCUT2D eigenvalue weighted by Gasteiger charge is -1.94. The maximum atomic E-state index is 5.50. The molecule has 0 unspecified atom stereocenters. The van der Waals surface area contributed by atoms with E-state index in [1.54, 1.807) is 10.9 Å². The van der Waals surface area contributed by atoms with E-state index in [2.05, 4.69) is 15.1 Å². The molecule has 15 heavy (non-hydrogen) atoms. The van der Waals surface area contributed by atoms with Crippen LogP contribution in [0.25, 0.3) is 0 Å². The van der Waals surface area contributed by atoms with Crippen molar-refractivity contribution in [3.8, 4) is 0 Å². The largest absolute Gasteiger partial charge is 0.370 e. The molecule has 7 heteroatoms. The quantitative estimate of drug-likeness (QED) is 0.436. The predicted molar refractivity (Wildman–Crippen MR) is 59.7 cm³/mol. The van der Waals surface area contributed by atoms with Crippen LogP contribution in [0.1, 0.15) is 12.6 Å². The molecule has 0 aromatic carbocycles. The Kier molecular flexibility index (Phi) is 3.27. The van der Waals surface area contributed by atoms with Gasteiger partial charge in [0.15, 0.2) is 5.96 Å². The Morgan fingerprint density at radius 2 is 2.13 bits per heavy atom. The van der Waals surface area contributed by atoms with E-state index in [0.717, 1.165) is 12.1 Å². The summed E-state index contributed by atoms with van der Waals surface area (Å²) in [6.07, 6.45) is 2.53. The summed E-state index contributed by atoms with van der Waals surface area (Å²) >= 11 is 0. The van der Waals surface area contributed by atoms with Gasteiger partial charge < -0.3 is 17.2 Å². The average Bonchev–Trinajstić information content (AvgIpc) is 2.44. The summed E-state index contributed by atoms with van der Waals surface area (Å²) in [5.74, 6) is -0.0871. The molecule has 0 aliphatic heterocycles. The molecule has 0 spiro atoms. The fraction of sp³-hybridized carbons (Fsp3) is 0.375. The number of aryl methyl sites for hydroxylation is 2. The smallest absolute Gasteiger partial charge is 0.223 e. The third-order valence-electron chi connectivity index (χ3n) is 1.70. The first-order chi connectivity index (χ1) is 7.02. The Hall–Kier alpha value is -2.05. The molecular formula is C8H15N7. The summed E-state index contributed by atoms with van der Waals surface area (Å²) in [7, 11) is 1.81. The summed E-state index contributed by atoms with van der Waals surface area (Å²) in [4.78, 5) is 7.67. The highest BCUT2D eigenvalue weighted by Crippen LogP contribution is 2.17. The van der Waals surface area contributed by atoms with Gasteiger partial charge in [-0.2, -0.15) is 10.1 Å². The minimum atomic E-state index is -0.113. The number of aliphatic imine (C=N–C) groups is 2. The number of rotatable bonds is 2. The molecule has 82 valence electrons. The van der Waals surface area contributed by atoms with Crippen molar-refractivity contribution in [2.24, 2.45) is 34.2 Å². The molecule has 6 N–H and O–H groups in total. The van der Waals surface area contributed by atoms with Crippen LogP contribution in [0, 0.1) is 0 Å². The van der Waals surface area contributed by atoms with Crippen LogP contribution < -0.4 is 17.2 Å². The van der Waals surface area contributed by atoms with Crippen molar-refractivity contribution in [1.82, 2.24) is 9.78 Å². The normalized spacial score (nSPS) is 11.5. The van der Waals surface area contributed by atoms with Crippen LogP contribution in [0.4, 0.5) is 5.69 Å². The fourth-order valence-corrected chi connectivity index (χ4v) is 1.15. The van der Waals surface area contributed by atoms with Crippen molar-refractivity contribution in [3.05, 3.63) is 11.9 Å². The van der Waals surface area contributed by atoms with Gasteiger partial charge in [0.2, 0.25) is 5.96 Å². The first-order valence-electron chi connectivity index (χ1n) is 4.49. The van der Waals surface area contributed by atoms with Gasteiger partial charge in [-0.15, -0.1) is 0 Å². The summed E-state index contributed by atoms with van der Waals surface area (Å²) in [6.45, 7) is 1.98. The van der Waals surface area contributed by atoms with Gasteiger partial charge in [0, 0.05) is 7.05 Å². The van der Waals surface area contributed by atoms with E-state index >= 15 is 0 Å². The van der Waals surface area contributed by atoms with Crippen LogP contribution in [0.5, 0.6) is 0 Å². The Labute approximate surface area is 87.7 Å². The van der Waals surface area contributed by atoms with Gasteiger partial charge in [-0.1, -0.05) is 6.92 Å². The molecule has 0 bridgehead atoms. The minimum Gasteiger partial charge on any atom is -0.370 e. The van der Waals surface area contributed by atoms with Gasteiger partial charge in [-0.3, -0.25) is 4.68 Å². The maximum absolute atomic E-state index is 5.50. The van der Waals surface area contributed by atoms with E-state index in [1.165, 1.54) is 0 Å². The zero-order chi connectivity index (χ0) is 11.4. The van der Waals surface area contributed by atoms with Crippen LogP contribution in [-0.2, 0) is 13.5 Å². The molecule has 1 heterocycles. The Balaban J connectivity index is 3.01. The SMILES string of the molecule is CCc1nn(C)cc1N=C(N)N=C(N)N. The summed E-state index contributed by atoms with van der Waals surface area (Å²) < 4.78 is 1.67. The first-order valence-corrected chi connectivity index (χ1v) is 4.49. The van der Waals surface area contributed by atoms with Gasteiger partial charge in [0.05, 0.1) is 11.9 Å². The summed E-state index contributed by atoms with van der Waals surface area (Å²) in [5.41, 5.74) is 17.4. The van der Waals surface area contributed by atoms with Crippen molar-refractivity contribution in [2.45, 2.75) is 13.3 Å². The molecule has 0 aliphatic rings. The molecule has 0 radical (unpaired) electrons.